The van der Waals surface area contributed by atoms with Crippen molar-refractivity contribution in [2.75, 3.05) is 26.8 Å². The van der Waals surface area contributed by atoms with E-state index in [-0.39, 0.29) is 30.6 Å². The van der Waals surface area contributed by atoms with Gasteiger partial charge >= 0.3 is 0 Å². The van der Waals surface area contributed by atoms with Crippen LogP contribution in [0.25, 0.3) is 0 Å². The molecule has 1 aliphatic rings. The number of nitrogens with one attached hydrogen (secondary N) is 2. The average Bonchev–Trinajstić information content (AvgIpc) is 2.37. The van der Waals surface area contributed by atoms with E-state index in [1.807, 2.05) is 0 Å². The van der Waals surface area contributed by atoms with Crippen molar-refractivity contribution >= 4 is 17.6 Å². The Labute approximate surface area is 117 Å². The number of carbonyl (C=O) groups is 2. The van der Waals surface area contributed by atoms with Crippen LogP contribution in [-0.4, -0.2) is 49.7 Å². The maximum atomic E-state index is 12.1. The molecule has 0 heterocycles. The molecule has 8 nitrogen and oxygen atoms in total. The van der Waals surface area contributed by atoms with Crippen LogP contribution in [0.15, 0.2) is 5.16 Å². The largest absolute Gasteiger partial charge is 0.409 e. The molecule has 8 heteroatoms. The second kappa shape index (κ2) is 7.68. The molecule has 0 saturated heterocycles. The molecule has 0 unspecified atom stereocenters. The lowest BCUT2D eigenvalue weighted by molar-refractivity contribution is -0.131. The molecular weight excluding hydrogens is 264 g/mol. The van der Waals surface area contributed by atoms with Gasteiger partial charge in [0.1, 0.15) is 5.41 Å². The van der Waals surface area contributed by atoms with Crippen molar-refractivity contribution in [3.05, 3.63) is 0 Å². The van der Waals surface area contributed by atoms with E-state index in [4.69, 9.17) is 15.7 Å². The molecule has 20 heavy (non-hydrogen) atoms. The Kier molecular flexibility index (Phi) is 6.23. The van der Waals surface area contributed by atoms with Gasteiger partial charge in [-0.3, -0.25) is 9.59 Å². The van der Waals surface area contributed by atoms with Gasteiger partial charge in [0.05, 0.1) is 6.61 Å². The van der Waals surface area contributed by atoms with Crippen LogP contribution < -0.4 is 16.4 Å². The quantitative estimate of drug-likeness (QED) is 0.152. The van der Waals surface area contributed by atoms with Crippen LogP contribution in [0.2, 0.25) is 0 Å². The molecule has 0 atom stereocenters. The summed E-state index contributed by atoms with van der Waals surface area (Å²) in [6, 6.07) is 0. The number of nitrogens with zero attached hydrogens (tertiary/aromatic N) is 1. The number of hydrogen-bond acceptors (Lipinski definition) is 5. The highest BCUT2D eigenvalue weighted by Crippen LogP contribution is 2.41. The number of amidine groups is 1. The lowest BCUT2D eigenvalue weighted by atomic mass is 9.67. The number of nitrogens with two attached hydrogens (primary N) is 1. The highest BCUT2D eigenvalue weighted by Gasteiger charge is 2.48. The van der Waals surface area contributed by atoms with Crippen molar-refractivity contribution in [3.63, 3.8) is 0 Å². The normalized spacial score (nSPS) is 17.1. The van der Waals surface area contributed by atoms with Gasteiger partial charge in [-0.25, -0.2) is 0 Å². The summed E-state index contributed by atoms with van der Waals surface area (Å²) in [5, 5.41) is 17.0. The van der Waals surface area contributed by atoms with E-state index in [1.54, 1.807) is 7.11 Å². The van der Waals surface area contributed by atoms with Crippen LogP contribution >= 0.6 is 0 Å². The highest BCUT2D eigenvalue weighted by atomic mass is 16.5. The first-order valence-corrected chi connectivity index (χ1v) is 6.59. The average molecular weight is 286 g/mol. The fraction of sp³-hybridized carbons (Fsp3) is 0.750. The molecule has 1 saturated carbocycles. The van der Waals surface area contributed by atoms with E-state index < -0.39 is 5.41 Å². The SMILES string of the molecule is COCCNC(=O)CCNC(=O)C1(C(N)=NO)CCC1. The first-order valence-electron chi connectivity index (χ1n) is 6.59. The number of oxime groups is 1. The Bertz CT molecular complexity index is 380. The smallest absolute Gasteiger partial charge is 0.233 e. The number of methoxy groups -OCH3 is 1. The maximum absolute atomic E-state index is 12.1. The lowest BCUT2D eigenvalue weighted by Crippen LogP contribution is -2.54. The van der Waals surface area contributed by atoms with Crippen molar-refractivity contribution in [1.29, 1.82) is 0 Å². The van der Waals surface area contributed by atoms with Crippen molar-refractivity contribution in [1.82, 2.24) is 10.6 Å². The standard InChI is InChI=1S/C12H22N4O4/c1-20-8-7-14-9(17)3-6-15-11(18)12(4-2-5-12)10(13)16-19/h19H,2-8H2,1H3,(H2,13,16)(H,14,17)(H,15,18). The molecule has 0 bridgehead atoms. The fourth-order valence-corrected chi connectivity index (χ4v) is 2.07. The number of amides is 2. The van der Waals surface area contributed by atoms with E-state index in [9.17, 15) is 9.59 Å². The lowest BCUT2D eigenvalue weighted by Gasteiger charge is -2.38. The van der Waals surface area contributed by atoms with Gasteiger partial charge < -0.3 is 26.3 Å². The van der Waals surface area contributed by atoms with E-state index in [1.165, 1.54) is 0 Å². The third-order valence-electron chi connectivity index (χ3n) is 3.51. The molecule has 5 N–H and O–H groups in total. The second-order valence-electron chi connectivity index (χ2n) is 4.77. The van der Waals surface area contributed by atoms with Crippen LogP contribution in [0.3, 0.4) is 0 Å². The Hall–Kier alpha value is -1.83. The van der Waals surface area contributed by atoms with E-state index in [0.29, 0.717) is 26.0 Å². The van der Waals surface area contributed by atoms with Gasteiger partial charge in [-0.05, 0) is 12.8 Å². The molecule has 1 fully saturated rings. The molecule has 1 rings (SSSR count). The third-order valence-corrected chi connectivity index (χ3v) is 3.51. The Morgan fingerprint density at radius 2 is 2.05 bits per heavy atom. The fourth-order valence-electron chi connectivity index (χ4n) is 2.07. The number of ether oxygens (including phenoxy) is 1. The monoisotopic (exact) mass is 286 g/mol. The minimum absolute atomic E-state index is 0.0641. The van der Waals surface area contributed by atoms with E-state index in [2.05, 4.69) is 15.8 Å². The summed E-state index contributed by atoms with van der Waals surface area (Å²) in [7, 11) is 1.55. The van der Waals surface area contributed by atoms with Crippen molar-refractivity contribution in [2.45, 2.75) is 25.7 Å². The van der Waals surface area contributed by atoms with Gasteiger partial charge in [-0.15, -0.1) is 0 Å². The highest BCUT2D eigenvalue weighted by molar-refractivity contribution is 6.07. The van der Waals surface area contributed by atoms with Crippen LogP contribution in [0, 0.1) is 5.41 Å². The Balaban J connectivity index is 2.31. The van der Waals surface area contributed by atoms with Gasteiger partial charge in [0, 0.05) is 26.6 Å². The first kappa shape index (κ1) is 16.2. The molecule has 114 valence electrons. The molecule has 0 aromatic rings. The molecule has 0 aliphatic heterocycles. The molecule has 0 spiro atoms. The molecule has 2 amide bonds. The minimum atomic E-state index is -0.902. The molecule has 0 aromatic carbocycles. The molecular formula is C12H22N4O4. The first-order chi connectivity index (χ1) is 9.56. The topological polar surface area (TPSA) is 126 Å². The van der Waals surface area contributed by atoms with Gasteiger partial charge in [0.15, 0.2) is 5.84 Å². The van der Waals surface area contributed by atoms with E-state index >= 15 is 0 Å². The predicted molar refractivity (Wildman–Crippen MR) is 72.2 cm³/mol. The van der Waals surface area contributed by atoms with Crippen LogP contribution in [0.4, 0.5) is 0 Å². The van der Waals surface area contributed by atoms with Crippen LogP contribution in [-0.2, 0) is 14.3 Å². The molecule has 1 aliphatic carbocycles. The van der Waals surface area contributed by atoms with Gasteiger partial charge in [-0.2, -0.15) is 0 Å². The predicted octanol–water partition coefficient (Wildman–Crippen LogP) is -0.828. The van der Waals surface area contributed by atoms with Gasteiger partial charge in [0.25, 0.3) is 0 Å². The maximum Gasteiger partial charge on any atom is 0.233 e. The summed E-state index contributed by atoms with van der Waals surface area (Å²) >= 11 is 0. The summed E-state index contributed by atoms with van der Waals surface area (Å²) in [5.74, 6) is -0.511. The third kappa shape index (κ3) is 3.83. The Morgan fingerprint density at radius 1 is 1.35 bits per heavy atom. The van der Waals surface area contributed by atoms with Gasteiger partial charge in [-0.1, -0.05) is 11.6 Å². The van der Waals surface area contributed by atoms with E-state index in [0.717, 1.165) is 6.42 Å². The summed E-state index contributed by atoms with van der Waals surface area (Å²) < 4.78 is 4.81. The van der Waals surface area contributed by atoms with Gasteiger partial charge in [0.2, 0.25) is 11.8 Å². The zero-order valence-electron chi connectivity index (χ0n) is 11.6. The zero-order valence-corrected chi connectivity index (χ0v) is 11.6. The summed E-state index contributed by atoms with van der Waals surface area (Å²) in [4.78, 5) is 23.5. The summed E-state index contributed by atoms with van der Waals surface area (Å²) in [5.41, 5.74) is 4.67. The Morgan fingerprint density at radius 3 is 2.55 bits per heavy atom. The number of rotatable bonds is 8. The van der Waals surface area contributed by atoms with Crippen LogP contribution in [0.1, 0.15) is 25.7 Å². The van der Waals surface area contributed by atoms with Crippen LogP contribution in [0.5, 0.6) is 0 Å². The zero-order chi connectivity index (χ0) is 15.0. The molecule has 0 aromatic heterocycles. The molecule has 0 radical (unpaired) electrons. The number of hydrogen-bond donors (Lipinski definition) is 4. The summed E-state index contributed by atoms with van der Waals surface area (Å²) in [6.07, 6.45) is 2.17. The minimum Gasteiger partial charge on any atom is -0.409 e. The number of carbonyl (C=O) groups excluding carboxylic acids is 2. The van der Waals surface area contributed by atoms with Crippen molar-refractivity contribution in [2.24, 2.45) is 16.3 Å². The summed E-state index contributed by atoms with van der Waals surface area (Å²) in [6.45, 7) is 1.11. The van der Waals surface area contributed by atoms with Crippen molar-refractivity contribution in [3.8, 4) is 0 Å². The van der Waals surface area contributed by atoms with Crippen molar-refractivity contribution < 1.29 is 19.5 Å². The second-order valence-corrected chi connectivity index (χ2v) is 4.77.